The zero-order chi connectivity index (χ0) is 47.3. The SMILES string of the molecule is C#Cc1ccc(OC2C(C)(C)C(NC(=O)c3ccc(OCCOCCO[C@@H]4Cc5ccccc5[C@@H]4NC(=O)[C@@H]4CCCN4C(=O)[C@@H](NC(=O)[C@H](C)CC)C(C)(C)C)cc3)C2(C)C)cc1Cl. The molecule has 0 unspecified atom stereocenters. The maximum absolute atomic E-state index is 14.0. The number of ether oxygens (including phenoxy) is 4. The standard InChI is InChI=1S/C52H67ClN4O8/c1-11-32(3)44(58)55-43(50(4,5)6)47(61)57-25-15-18-40(57)46(60)54-42-38-17-14-13-16-35(38)30-41(42)64-29-27-62-26-28-63-36-22-20-34(21-23-36)45(59)56-48-51(7,8)49(52(48,9)10)65-37-24-19-33(12-2)39(53)31-37/h2,13-14,16-17,19-24,31-32,40-43,48-49H,11,15,18,25-30H2,1,3-10H3,(H,54,60)(H,55,58)(H,56,59)/t32-,40+,41-,42+,43-,48?,49?/m1/s1. The van der Waals surface area contributed by atoms with Crippen molar-refractivity contribution >= 4 is 35.2 Å². The predicted octanol–water partition coefficient (Wildman–Crippen LogP) is 7.70. The third-order valence-corrected chi connectivity index (χ3v) is 13.7. The smallest absolute Gasteiger partial charge is 0.251 e. The molecule has 4 amide bonds. The van der Waals surface area contributed by atoms with Gasteiger partial charge in [0.15, 0.2) is 0 Å². The topological polar surface area (TPSA) is 145 Å². The number of hydrogen-bond donors (Lipinski definition) is 3. The van der Waals surface area contributed by atoms with E-state index in [1.54, 1.807) is 41.3 Å². The van der Waals surface area contributed by atoms with Crippen LogP contribution < -0.4 is 25.4 Å². The van der Waals surface area contributed by atoms with Crippen LogP contribution in [0.1, 0.15) is 115 Å². The predicted molar refractivity (Wildman–Crippen MR) is 252 cm³/mol. The highest BCUT2D eigenvalue weighted by Gasteiger charge is 2.64. The van der Waals surface area contributed by atoms with Crippen molar-refractivity contribution in [3.05, 3.63) is 94.0 Å². The van der Waals surface area contributed by atoms with Crippen LogP contribution in [-0.4, -0.2) is 91.8 Å². The van der Waals surface area contributed by atoms with Gasteiger partial charge in [-0.25, -0.2) is 0 Å². The first-order valence-corrected chi connectivity index (χ1v) is 23.3. The minimum absolute atomic E-state index is 0.151. The fourth-order valence-electron chi connectivity index (χ4n) is 9.84. The van der Waals surface area contributed by atoms with Gasteiger partial charge in [-0.05, 0) is 72.2 Å². The number of rotatable bonds is 18. The van der Waals surface area contributed by atoms with Crippen molar-refractivity contribution in [1.29, 1.82) is 0 Å². The van der Waals surface area contributed by atoms with E-state index in [4.69, 9.17) is 37.0 Å². The van der Waals surface area contributed by atoms with Crippen molar-refractivity contribution in [3.63, 3.8) is 0 Å². The van der Waals surface area contributed by atoms with E-state index < -0.39 is 23.5 Å². The van der Waals surface area contributed by atoms with Gasteiger partial charge in [0, 0.05) is 52.9 Å². The van der Waals surface area contributed by atoms with Crippen LogP contribution in [0.2, 0.25) is 5.02 Å². The Morgan fingerprint density at radius 2 is 1.60 bits per heavy atom. The summed E-state index contributed by atoms with van der Waals surface area (Å²) in [6, 6.07) is 18.4. The molecule has 1 heterocycles. The van der Waals surface area contributed by atoms with Gasteiger partial charge >= 0.3 is 0 Å². The van der Waals surface area contributed by atoms with Crippen molar-refractivity contribution in [3.8, 4) is 23.8 Å². The summed E-state index contributed by atoms with van der Waals surface area (Å²) in [6.45, 7) is 19.6. The Balaban J connectivity index is 0.944. The Kier molecular flexibility index (Phi) is 15.6. The van der Waals surface area contributed by atoms with E-state index in [-0.39, 0.29) is 58.6 Å². The first kappa shape index (κ1) is 49.3. The van der Waals surface area contributed by atoms with E-state index in [2.05, 4.69) is 49.6 Å². The van der Waals surface area contributed by atoms with Crippen LogP contribution in [0.4, 0.5) is 0 Å². The van der Waals surface area contributed by atoms with Gasteiger partial charge in [0.2, 0.25) is 17.7 Å². The molecule has 5 atom stereocenters. The van der Waals surface area contributed by atoms with Crippen molar-refractivity contribution in [1.82, 2.24) is 20.9 Å². The molecule has 2 fully saturated rings. The first-order chi connectivity index (χ1) is 30.8. The average molecular weight is 912 g/mol. The van der Waals surface area contributed by atoms with E-state index >= 15 is 0 Å². The molecule has 0 radical (unpaired) electrons. The molecule has 12 nitrogen and oxygen atoms in total. The summed E-state index contributed by atoms with van der Waals surface area (Å²) in [5.41, 5.74) is 1.95. The highest BCUT2D eigenvalue weighted by molar-refractivity contribution is 6.31. The summed E-state index contributed by atoms with van der Waals surface area (Å²) in [5, 5.41) is 9.92. The van der Waals surface area contributed by atoms with Gasteiger partial charge in [0.25, 0.3) is 5.91 Å². The van der Waals surface area contributed by atoms with Gasteiger partial charge in [-0.3, -0.25) is 19.2 Å². The molecule has 1 saturated heterocycles. The molecule has 3 aliphatic rings. The highest BCUT2D eigenvalue weighted by atomic mass is 35.5. The molecule has 3 aromatic carbocycles. The zero-order valence-electron chi connectivity index (χ0n) is 39.4. The lowest BCUT2D eigenvalue weighted by Gasteiger charge is -2.63. The van der Waals surface area contributed by atoms with Gasteiger partial charge in [0.1, 0.15) is 36.3 Å². The van der Waals surface area contributed by atoms with E-state index in [1.165, 1.54) is 0 Å². The fourth-order valence-corrected chi connectivity index (χ4v) is 10.1. The summed E-state index contributed by atoms with van der Waals surface area (Å²) in [5.74, 6) is 2.78. The number of nitrogens with one attached hydrogen (secondary N) is 3. The molecule has 3 N–H and O–H groups in total. The Hall–Kier alpha value is -5.09. The van der Waals surface area contributed by atoms with Crippen LogP contribution in [0, 0.1) is 34.5 Å². The van der Waals surface area contributed by atoms with Gasteiger partial charge < -0.3 is 39.8 Å². The number of likely N-dealkylation sites (tertiary alicyclic amines) is 1. The summed E-state index contributed by atoms with van der Waals surface area (Å²) >= 11 is 6.32. The molecule has 3 aromatic rings. The molecule has 0 aromatic heterocycles. The van der Waals surface area contributed by atoms with E-state index in [9.17, 15) is 19.2 Å². The Labute approximate surface area is 390 Å². The van der Waals surface area contributed by atoms with Crippen LogP contribution in [0.25, 0.3) is 0 Å². The second kappa shape index (κ2) is 20.6. The van der Waals surface area contributed by atoms with Crippen LogP contribution in [0.15, 0.2) is 66.7 Å². The normalized spacial score (nSPS) is 22.7. The van der Waals surface area contributed by atoms with Gasteiger partial charge in [-0.1, -0.05) is 104 Å². The molecule has 1 saturated carbocycles. The lowest BCUT2D eigenvalue weighted by Crippen LogP contribution is -2.74. The summed E-state index contributed by atoms with van der Waals surface area (Å²) in [6.07, 6.45) is 7.55. The molecule has 350 valence electrons. The summed E-state index contributed by atoms with van der Waals surface area (Å²) in [4.78, 5) is 56.0. The number of hydrogen-bond acceptors (Lipinski definition) is 8. The first-order valence-electron chi connectivity index (χ1n) is 22.9. The summed E-state index contributed by atoms with van der Waals surface area (Å²) in [7, 11) is 0. The average Bonchev–Trinajstić information content (AvgIpc) is 3.90. The van der Waals surface area contributed by atoms with Crippen LogP contribution in [0.3, 0.4) is 0 Å². The number of halogens is 1. The van der Waals surface area contributed by atoms with E-state index in [0.717, 1.165) is 11.1 Å². The second-order valence-electron chi connectivity index (χ2n) is 19.9. The molecule has 0 spiro atoms. The van der Waals surface area contributed by atoms with Crippen molar-refractivity contribution < 1.29 is 38.1 Å². The molecule has 2 aliphatic carbocycles. The number of fused-ring (bicyclic) bond motifs is 1. The van der Waals surface area contributed by atoms with Crippen LogP contribution >= 0.6 is 11.6 Å². The molecule has 6 rings (SSSR count). The third-order valence-electron chi connectivity index (χ3n) is 13.4. The van der Waals surface area contributed by atoms with Gasteiger partial charge in [0.05, 0.1) is 37.0 Å². The molecule has 13 heteroatoms. The number of carbonyl (C=O) groups is 4. The second-order valence-corrected chi connectivity index (χ2v) is 20.3. The number of benzene rings is 3. The van der Waals surface area contributed by atoms with Crippen molar-refractivity contribution in [2.75, 3.05) is 33.0 Å². The lowest BCUT2D eigenvalue weighted by atomic mass is 9.49. The molecule has 0 bridgehead atoms. The van der Waals surface area contributed by atoms with Gasteiger partial charge in [-0.15, -0.1) is 6.42 Å². The molecule has 1 aliphatic heterocycles. The van der Waals surface area contributed by atoms with Gasteiger partial charge in [-0.2, -0.15) is 0 Å². The van der Waals surface area contributed by atoms with E-state index in [1.807, 2.05) is 65.0 Å². The molecule has 65 heavy (non-hydrogen) atoms. The fraction of sp³-hybridized carbons (Fsp3) is 0.538. The Bertz CT molecular complexity index is 2210. The van der Waals surface area contributed by atoms with Crippen molar-refractivity contribution in [2.45, 2.75) is 124 Å². The zero-order valence-corrected chi connectivity index (χ0v) is 40.2. The minimum Gasteiger partial charge on any atom is -0.491 e. The monoisotopic (exact) mass is 910 g/mol. The van der Waals surface area contributed by atoms with E-state index in [0.29, 0.717) is 86.3 Å². The van der Waals surface area contributed by atoms with Crippen LogP contribution in [0.5, 0.6) is 11.5 Å². The third kappa shape index (κ3) is 11.1. The lowest BCUT2D eigenvalue weighted by molar-refractivity contribution is -0.164. The number of amides is 4. The highest BCUT2D eigenvalue weighted by Crippen LogP contribution is 2.55. The number of terminal acetylenes is 1. The van der Waals surface area contributed by atoms with Crippen molar-refractivity contribution in [2.24, 2.45) is 22.2 Å². The minimum atomic E-state index is -0.758. The Morgan fingerprint density at radius 3 is 2.26 bits per heavy atom. The maximum atomic E-state index is 14.0. The van der Waals surface area contributed by atoms with Crippen LogP contribution in [-0.2, 0) is 30.3 Å². The molecular weight excluding hydrogens is 844 g/mol. The molecular formula is C52H67ClN4O8. The largest absolute Gasteiger partial charge is 0.491 e. The number of carbonyl (C=O) groups excluding carboxylic acids is 4. The number of nitrogens with zero attached hydrogens (tertiary/aromatic N) is 1. The Morgan fingerprint density at radius 1 is 0.923 bits per heavy atom. The maximum Gasteiger partial charge on any atom is 0.251 e. The summed E-state index contributed by atoms with van der Waals surface area (Å²) < 4.78 is 24.5. The quantitative estimate of drug-likeness (QED) is 0.0871.